The van der Waals surface area contributed by atoms with E-state index in [1.807, 2.05) is 6.08 Å². The van der Waals surface area contributed by atoms with Crippen LogP contribution in [0.15, 0.2) is 24.3 Å². The van der Waals surface area contributed by atoms with Gasteiger partial charge in [-0.05, 0) is 57.8 Å². The molecule has 81 heavy (non-hydrogen) atoms. The van der Waals surface area contributed by atoms with Crippen LogP contribution in [-0.2, 0) is 14.3 Å². The van der Waals surface area contributed by atoms with Crippen LogP contribution in [0.1, 0.15) is 418 Å². The van der Waals surface area contributed by atoms with Gasteiger partial charge in [-0.25, -0.2) is 0 Å². The molecule has 0 bridgehead atoms. The van der Waals surface area contributed by atoms with Crippen molar-refractivity contribution in [3.8, 4) is 0 Å². The zero-order valence-electron chi connectivity index (χ0n) is 55.0. The summed E-state index contributed by atoms with van der Waals surface area (Å²) < 4.78 is 5.51. The molecule has 6 nitrogen and oxygen atoms in total. The van der Waals surface area contributed by atoms with Gasteiger partial charge >= 0.3 is 5.97 Å². The molecule has 6 heteroatoms. The summed E-state index contributed by atoms with van der Waals surface area (Å²) in [5, 5.41) is 23.3. The second-order valence-corrected chi connectivity index (χ2v) is 25.6. The van der Waals surface area contributed by atoms with Gasteiger partial charge < -0.3 is 20.3 Å². The van der Waals surface area contributed by atoms with E-state index in [9.17, 15) is 19.8 Å². The van der Waals surface area contributed by atoms with E-state index < -0.39 is 12.1 Å². The zero-order chi connectivity index (χ0) is 58.5. The Labute approximate surface area is 507 Å². The molecule has 0 radical (unpaired) electrons. The SMILES string of the molecule is CCCCCCCCC/C=C\CCCCCCCCCC(=O)OCCCCCCCCCCCCCCCCCCCCCCCCC(=O)NC(CO)C(O)/C=C/CCCCCCCCCCCCCCCCCCCCCCCC. The van der Waals surface area contributed by atoms with Crippen molar-refractivity contribution in [1.29, 1.82) is 0 Å². The van der Waals surface area contributed by atoms with Crippen molar-refractivity contribution >= 4 is 11.9 Å². The Morgan fingerprint density at radius 3 is 0.877 bits per heavy atom. The van der Waals surface area contributed by atoms with Crippen LogP contribution in [-0.4, -0.2) is 47.4 Å². The number of aliphatic hydroxyl groups excluding tert-OH is 2. The van der Waals surface area contributed by atoms with Gasteiger partial charge in [0.25, 0.3) is 0 Å². The molecule has 0 saturated heterocycles. The molecule has 2 unspecified atom stereocenters. The van der Waals surface area contributed by atoms with Gasteiger partial charge in [-0.2, -0.15) is 0 Å². The average Bonchev–Trinajstić information content (AvgIpc) is 3.47. The molecular formula is C75H145NO5. The van der Waals surface area contributed by atoms with Gasteiger partial charge in [0.05, 0.1) is 25.4 Å². The first-order chi connectivity index (χ1) is 40.0. The van der Waals surface area contributed by atoms with E-state index in [4.69, 9.17) is 4.74 Å². The summed E-state index contributed by atoms with van der Waals surface area (Å²) >= 11 is 0. The summed E-state index contributed by atoms with van der Waals surface area (Å²) in [5.41, 5.74) is 0. The maximum Gasteiger partial charge on any atom is 0.305 e. The molecule has 0 aromatic heterocycles. The van der Waals surface area contributed by atoms with Crippen LogP contribution in [0, 0.1) is 0 Å². The van der Waals surface area contributed by atoms with Gasteiger partial charge in [-0.1, -0.05) is 372 Å². The highest BCUT2D eigenvalue weighted by atomic mass is 16.5. The number of rotatable bonds is 70. The molecule has 0 heterocycles. The molecule has 0 aliphatic heterocycles. The van der Waals surface area contributed by atoms with Crippen molar-refractivity contribution < 1.29 is 24.5 Å². The van der Waals surface area contributed by atoms with Gasteiger partial charge in [-0.15, -0.1) is 0 Å². The molecule has 2 atom stereocenters. The lowest BCUT2D eigenvalue weighted by molar-refractivity contribution is -0.143. The van der Waals surface area contributed by atoms with Crippen LogP contribution in [0.2, 0.25) is 0 Å². The molecule has 480 valence electrons. The zero-order valence-corrected chi connectivity index (χ0v) is 55.0. The fourth-order valence-electron chi connectivity index (χ4n) is 11.8. The van der Waals surface area contributed by atoms with E-state index in [0.29, 0.717) is 19.4 Å². The fourth-order valence-corrected chi connectivity index (χ4v) is 11.8. The molecular weight excluding hydrogens is 995 g/mol. The summed E-state index contributed by atoms with van der Waals surface area (Å²) in [6, 6.07) is -0.629. The number of ether oxygens (including phenoxy) is 1. The Hall–Kier alpha value is -1.66. The number of aliphatic hydroxyl groups is 2. The molecule has 0 saturated carbocycles. The van der Waals surface area contributed by atoms with E-state index in [-0.39, 0.29) is 18.5 Å². The Bertz CT molecular complexity index is 1270. The topological polar surface area (TPSA) is 95.9 Å². The number of unbranched alkanes of at least 4 members (excludes halogenated alkanes) is 57. The number of nitrogens with one attached hydrogen (secondary N) is 1. The van der Waals surface area contributed by atoms with Gasteiger partial charge in [0.2, 0.25) is 5.91 Å². The third-order valence-electron chi connectivity index (χ3n) is 17.5. The van der Waals surface area contributed by atoms with Crippen molar-refractivity contribution in [3.63, 3.8) is 0 Å². The third-order valence-corrected chi connectivity index (χ3v) is 17.5. The van der Waals surface area contributed by atoms with Crippen LogP contribution in [0.5, 0.6) is 0 Å². The predicted octanol–water partition coefficient (Wildman–Crippen LogP) is 24.1. The Morgan fingerprint density at radius 1 is 0.333 bits per heavy atom. The van der Waals surface area contributed by atoms with Crippen molar-refractivity contribution in [2.24, 2.45) is 0 Å². The van der Waals surface area contributed by atoms with Crippen LogP contribution >= 0.6 is 0 Å². The van der Waals surface area contributed by atoms with Gasteiger partial charge in [0.1, 0.15) is 0 Å². The molecule has 0 spiro atoms. The average molecular weight is 1140 g/mol. The Balaban J connectivity index is 3.40. The van der Waals surface area contributed by atoms with E-state index in [2.05, 4.69) is 31.3 Å². The quantitative estimate of drug-likeness (QED) is 0.0320. The first kappa shape index (κ1) is 79.3. The minimum Gasteiger partial charge on any atom is -0.466 e. The minimum atomic E-state index is -0.846. The smallest absolute Gasteiger partial charge is 0.305 e. The first-order valence-electron chi connectivity index (χ1n) is 37.1. The second kappa shape index (κ2) is 70.8. The van der Waals surface area contributed by atoms with Gasteiger partial charge in [0.15, 0.2) is 0 Å². The summed E-state index contributed by atoms with van der Waals surface area (Å²) in [6.45, 7) is 4.94. The van der Waals surface area contributed by atoms with Crippen LogP contribution in [0.25, 0.3) is 0 Å². The number of esters is 1. The van der Waals surface area contributed by atoms with Crippen LogP contribution in [0.3, 0.4) is 0 Å². The molecule has 0 rings (SSSR count). The number of hydrogen-bond acceptors (Lipinski definition) is 5. The lowest BCUT2D eigenvalue weighted by Crippen LogP contribution is -2.45. The lowest BCUT2D eigenvalue weighted by atomic mass is 10.0. The van der Waals surface area contributed by atoms with E-state index in [1.165, 1.54) is 347 Å². The van der Waals surface area contributed by atoms with Crippen LogP contribution < -0.4 is 5.32 Å². The van der Waals surface area contributed by atoms with E-state index in [0.717, 1.165) is 44.9 Å². The summed E-state index contributed by atoms with van der Waals surface area (Å²) in [4.78, 5) is 24.7. The summed E-state index contributed by atoms with van der Waals surface area (Å²) in [5.74, 6) is -0.0524. The monoisotopic (exact) mass is 1140 g/mol. The van der Waals surface area contributed by atoms with E-state index >= 15 is 0 Å². The molecule has 0 aliphatic rings. The fraction of sp³-hybridized carbons (Fsp3) is 0.920. The largest absolute Gasteiger partial charge is 0.466 e. The molecule has 0 fully saturated rings. The number of allylic oxidation sites excluding steroid dienone is 3. The highest BCUT2D eigenvalue weighted by Gasteiger charge is 2.18. The molecule has 3 N–H and O–H groups in total. The molecule has 0 aromatic carbocycles. The predicted molar refractivity (Wildman–Crippen MR) is 356 cm³/mol. The molecule has 0 aliphatic carbocycles. The first-order valence-corrected chi connectivity index (χ1v) is 37.1. The van der Waals surface area contributed by atoms with Gasteiger partial charge in [-0.3, -0.25) is 9.59 Å². The number of carbonyl (C=O) groups is 2. The molecule has 0 aromatic rings. The van der Waals surface area contributed by atoms with Crippen molar-refractivity contribution in [3.05, 3.63) is 24.3 Å². The highest BCUT2D eigenvalue weighted by molar-refractivity contribution is 5.76. The summed E-state index contributed by atoms with van der Waals surface area (Å²) in [6.07, 6.45) is 89.8. The summed E-state index contributed by atoms with van der Waals surface area (Å²) in [7, 11) is 0. The lowest BCUT2D eigenvalue weighted by Gasteiger charge is -2.20. The number of hydrogen-bond donors (Lipinski definition) is 3. The van der Waals surface area contributed by atoms with E-state index in [1.54, 1.807) is 6.08 Å². The van der Waals surface area contributed by atoms with Crippen LogP contribution in [0.4, 0.5) is 0 Å². The van der Waals surface area contributed by atoms with Gasteiger partial charge in [0, 0.05) is 12.8 Å². The third kappa shape index (κ3) is 67.3. The standard InChI is InChI=1S/C75H145NO5/c1-3-5-7-9-11-13-15-17-19-21-23-24-25-26-29-32-35-39-43-47-51-55-59-63-67-73(78)72(71-77)76-74(79)68-64-60-56-52-48-44-40-36-33-30-27-28-31-34-38-42-46-50-54-58-62-66-70-81-75(80)69-65-61-57-53-49-45-41-37-22-20-18-16-14-12-10-8-6-4-2/h20,22,63,67,72-73,77-78H,3-19,21,23-62,64-66,68-71H2,1-2H3,(H,76,79)/b22-20-,67-63+. The van der Waals surface area contributed by atoms with Crippen molar-refractivity contribution in [2.75, 3.05) is 13.2 Å². The molecule has 1 amide bonds. The number of amides is 1. The van der Waals surface area contributed by atoms with Crippen molar-refractivity contribution in [1.82, 2.24) is 5.32 Å². The maximum atomic E-state index is 12.5. The normalized spacial score (nSPS) is 12.6. The highest BCUT2D eigenvalue weighted by Crippen LogP contribution is 2.19. The Kier molecular flexibility index (Phi) is 69.4. The number of carbonyl (C=O) groups excluding carboxylic acids is 2. The second-order valence-electron chi connectivity index (χ2n) is 25.6. The Morgan fingerprint density at radius 2 is 0.580 bits per heavy atom. The maximum absolute atomic E-state index is 12.5. The van der Waals surface area contributed by atoms with Crippen molar-refractivity contribution in [2.45, 2.75) is 431 Å². The minimum absolute atomic E-state index is 0.0109.